The molecule has 1 aliphatic heterocycles. The fraction of sp³-hybridized carbons (Fsp3) is 0.133. The van der Waals surface area contributed by atoms with Gasteiger partial charge in [0, 0.05) is 26.7 Å². The van der Waals surface area contributed by atoms with Crippen molar-refractivity contribution in [2.75, 3.05) is 17.2 Å². The van der Waals surface area contributed by atoms with Gasteiger partial charge in [0.2, 0.25) is 0 Å². The molecule has 1 heterocycles. The van der Waals surface area contributed by atoms with Crippen LogP contribution in [-0.2, 0) is 0 Å². The lowest BCUT2D eigenvalue weighted by molar-refractivity contribution is 0.0986. The van der Waals surface area contributed by atoms with Crippen LogP contribution in [0.5, 0.6) is 0 Å². The summed E-state index contributed by atoms with van der Waals surface area (Å²) in [6.07, 6.45) is 0. The smallest absolute Gasteiger partial charge is 0.259 e. The molecule has 3 rings (SSSR count). The molecule has 2 aromatic rings. The number of carbonyl (C=O) groups excluding carboxylic acids is 1. The largest absolute Gasteiger partial charge is 0.306 e. The van der Waals surface area contributed by atoms with Crippen molar-refractivity contribution in [1.82, 2.24) is 0 Å². The van der Waals surface area contributed by atoms with Crippen molar-refractivity contribution >= 4 is 50.9 Å². The van der Waals surface area contributed by atoms with Crippen LogP contribution >= 0.6 is 39.3 Å². The molecule has 2 aromatic carbocycles. The summed E-state index contributed by atoms with van der Waals surface area (Å²) in [6, 6.07) is 9.59. The molecule has 2 nitrogen and oxygen atoms in total. The standard InChI is InChI=1S/C15H10BrClFNOS/c16-12-3-2-10(18)8-11(12)15(20)19-5-6-21-14-4-1-9(17)7-13(14)19/h1-4,7-8H,5-6H2. The lowest BCUT2D eigenvalue weighted by Crippen LogP contribution is -2.35. The van der Waals surface area contributed by atoms with Crippen LogP contribution in [0.4, 0.5) is 10.1 Å². The molecule has 0 bridgehead atoms. The van der Waals surface area contributed by atoms with Gasteiger partial charge in [-0.25, -0.2) is 4.39 Å². The van der Waals surface area contributed by atoms with E-state index in [0.717, 1.165) is 16.3 Å². The molecule has 21 heavy (non-hydrogen) atoms. The highest BCUT2D eigenvalue weighted by Crippen LogP contribution is 2.37. The van der Waals surface area contributed by atoms with Gasteiger partial charge in [0.25, 0.3) is 5.91 Å². The predicted molar refractivity (Wildman–Crippen MR) is 88.0 cm³/mol. The Hall–Kier alpha value is -1.04. The molecule has 0 saturated heterocycles. The van der Waals surface area contributed by atoms with Gasteiger partial charge in [-0.3, -0.25) is 4.79 Å². The molecule has 1 aliphatic rings. The maximum absolute atomic E-state index is 13.4. The molecule has 0 unspecified atom stereocenters. The van der Waals surface area contributed by atoms with Crippen LogP contribution in [0.3, 0.4) is 0 Å². The highest BCUT2D eigenvalue weighted by molar-refractivity contribution is 9.10. The first-order chi connectivity index (χ1) is 10.1. The Balaban J connectivity index is 2.04. The molecule has 6 heteroatoms. The zero-order valence-electron chi connectivity index (χ0n) is 10.8. The van der Waals surface area contributed by atoms with E-state index in [1.807, 2.05) is 6.07 Å². The van der Waals surface area contributed by atoms with Crippen molar-refractivity contribution < 1.29 is 9.18 Å². The number of rotatable bonds is 1. The normalized spacial score (nSPS) is 14.0. The van der Waals surface area contributed by atoms with Gasteiger partial charge >= 0.3 is 0 Å². The first-order valence-electron chi connectivity index (χ1n) is 6.25. The minimum atomic E-state index is -0.431. The quantitative estimate of drug-likeness (QED) is 0.688. The molecule has 0 spiro atoms. The van der Waals surface area contributed by atoms with Crippen LogP contribution in [0.15, 0.2) is 45.8 Å². The number of nitrogens with zero attached hydrogens (tertiary/aromatic N) is 1. The lowest BCUT2D eigenvalue weighted by Gasteiger charge is -2.29. The Bertz CT molecular complexity index is 725. The summed E-state index contributed by atoms with van der Waals surface area (Å²) in [5.41, 5.74) is 1.09. The summed E-state index contributed by atoms with van der Waals surface area (Å²) in [6.45, 7) is 0.569. The van der Waals surface area contributed by atoms with Gasteiger partial charge in [-0.05, 0) is 52.3 Å². The zero-order chi connectivity index (χ0) is 15.0. The van der Waals surface area contributed by atoms with E-state index in [1.165, 1.54) is 12.1 Å². The van der Waals surface area contributed by atoms with Crippen LogP contribution in [0.1, 0.15) is 10.4 Å². The van der Waals surface area contributed by atoms with Crippen LogP contribution in [0.25, 0.3) is 0 Å². The fourth-order valence-corrected chi connectivity index (χ4v) is 3.77. The Morgan fingerprint density at radius 2 is 2.10 bits per heavy atom. The third-order valence-corrected chi connectivity index (χ3v) is 5.16. The zero-order valence-corrected chi connectivity index (χ0v) is 13.9. The lowest BCUT2D eigenvalue weighted by atomic mass is 10.1. The summed E-state index contributed by atoms with van der Waals surface area (Å²) in [5.74, 6) is 0.136. The second-order valence-electron chi connectivity index (χ2n) is 4.54. The maximum Gasteiger partial charge on any atom is 0.259 e. The number of hydrogen-bond donors (Lipinski definition) is 0. The summed E-state index contributed by atoms with van der Waals surface area (Å²) in [7, 11) is 0. The number of thioether (sulfide) groups is 1. The molecule has 0 radical (unpaired) electrons. The third kappa shape index (κ3) is 2.96. The van der Waals surface area contributed by atoms with Gasteiger partial charge in [-0.2, -0.15) is 0 Å². The SMILES string of the molecule is O=C(c1cc(F)ccc1Br)N1CCSc2ccc(Cl)cc21. The first-order valence-corrected chi connectivity index (χ1v) is 8.41. The number of anilines is 1. The molecule has 0 N–H and O–H groups in total. The van der Waals surface area contributed by atoms with E-state index in [4.69, 9.17) is 11.6 Å². The molecule has 0 fully saturated rings. The van der Waals surface area contributed by atoms with Crippen molar-refractivity contribution in [3.63, 3.8) is 0 Å². The van der Waals surface area contributed by atoms with E-state index in [-0.39, 0.29) is 5.91 Å². The number of hydrogen-bond acceptors (Lipinski definition) is 2. The van der Waals surface area contributed by atoms with E-state index >= 15 is 0 Å². The summed E-state index contributed by atoms with van der Waals surface area (Å²) < 4.78 is 14.0. The minimum absolute atomic E-state index is 0.231. The van der Waals surface area contributed by atoms with Gasteiger partial charge in [-0.1, -0.05) is 11.6 Å². The van der Waals surface area contributed by atoms with Gasteiger partial charge in [0.1, 0.15) is 5.82 Å². The molecule has 0 aromatic heterocycles. The van der Waals surface area contributed by atoms with Crippen LogP contribution in [0.2, 0.25) is 5.02 Å². The van der Waals surface area contributed by atoms with Gasteiger partial charge in [0.05, 0.1) is 11.3 Å². The number of carbonyl (C=O) groups is 1. The minimum Gasteiger partial charge on any atom is -0.306 e. The van der Waals surface area contributed by atoms with Crippen LogP contribution < -0.4 is 4.90 Å². The average Bonchev–Trinajstić information content (AvgIpc) is 2.48. The number of benzene rings is 2. The van der Waals surface area contributed by atoms with E-state index in [0.29, 0.717) is 21.6 Å². The molecule has 0 atom stereocenters. The van der Waals surface area contributed by atoms with E-state index in [1.54, 1.807) is 34.9 Å². The third-order valence-electron chi connectivity index (χ3n) is 3.19. The second-order valence-corrected chi connectivity index (χ2v) is 6.97. The highest BCUT2D eigenvalue weighted by Gasteiger charge is 2.25. The van der Waals surface area contributed by atoms with Gasteiger partial charge in [-0.15, -0.1) is 11.8 Å². The Morgan fingerprint density at radius 3 is 2.90 bits per heavy atom. The van der Waals surface area contributed by atoms with Crippen molar-refractivity contribution in [2.45, 2.75) is 4.90 Å². The van der Waals surface area contributed by atoms with Crippen molar-refractivity contribution in [2.24, 2.45) is 0 Å². The van der Waals surface area contributed by atoms with E-state index < -0.39 is 5.82 Å². The Morgan fingerprint density at radius 1 is 1.29 bits per heavy atom. The maximum atomic E-state index is 13.4. The van der Waals surface area contributed by atoms with E-state index in [2.05, 4.69) is 15.9 Å². The fourth-order valence-electron chi connectivity index (χ4n) is 2.21. The Kier molecular flexibility index (Phi) is 4.24. The number of amides is 1. The predicted octanol–water partition coefficient (Wildman–Crippen LogP) is 4.99. The monoisotopic (exact) mass is 385 g/mol. The van der Waals surface area contributed by atoms with Crippen LogP contribution in [0, 0.1) is 5.82 Å². The highest BCUT2D eigenvalue weighted by atomic mass is 79.9. The summed E-state index contributed by atoms with van der Waals surface area (Å²) in [5, 5.41) is 0.576. The van der Waals surface area contributed by atoms with E-state index in [9.17, 15) is 9.18 Å². The second kappa shape index (κ2) is 5.99. The Labute approximate surface area is 139 Å². The molecule has 1 amide bonds. The molecular weight excluding hydrogens is 377 g/mol. The van der Waals surface area contributed by atoms with Crippen molar-refractivity contribution in [3.05, 3.63) is 57.3 Å². The number of halogens is 3. The molecule has 0 saturated carbocycles. The van der Waals surface area contributed by atoms with Gasteiger partial charge < -0.3 is 4.90 Å². The van der Waals surface area contributed by atoms with Crippen molar-refractivity contribution in [3.8, 4) is 0 Å². The topological polar surface area (TPSA) is 20.3 Å². The average molecular weight is 387 g/mol. The molecule has 108 valence electrons. The molecule has 0 aliphatic carbocycles. The number of fused-ring (bicyclic) bond motifs is 1. The first kappa shape index (κ1) is 14.9. The summed E-state index contributed by atoms with van der Waals surface area (Å²) >= 11 is 11.0. The van der Waals surface area contributed by atoms with Crippen molar-refractivity contribution in [1.29, 1.82) is 0 Å². The summed E-state index contributed by atoms with van der Waals surface area (Å²) in [4.78, 5) is 15.4. The van der Waals surface area contributed by atoms with Crippen LogP contribution in [-0.4, -0.2) is 18.2 Å². The van der Waals surface area contributed by atoms with Gasteiger partial charge in [0.15, 0.2) is 0 Å². The molecular formula is C15H10BrClFNOS.